The molecule has 1 aliphatic heterocycles. The van der Waals surface area contributed by atoms with Gasteiger partial charge >= 0.3 is 0 Å². The van der Waals surface area contributed by atoms with E-state index in [4.69, 9.17) is 0 Å². The van der Waals surface area contributed by atoms with Gasteiger partial charge in [0.25, 0.3) is 0 Å². The SMILES string of the molecule is Cc1ccsc1[C@H](N1CCNCC1)C(C)(C)C. The van der Waals surface area contributed by atoms with Crippen molar-refractivity contribution in [1.82, 2.24) is 10.2 Å². The molecule has 0 amide bonds. The summed E-state index contributed by atoms with van der Waals surface area (Å²) in [5.41, 5.74) is 1.75. The topological polar surface area (TPSA) is 15.3 Å². The van der Waals surface area contributed by atoms with Gasteiger partial charge in [-0.25, -0.2) is 0 Å². The van der Waals surface area contributed by atoms with Gasteiger partial charge in [0.05, 0.1) is 0 Å². The fourth-order valence-corrected chi connectivity index (χ4v) is 4.02. The molecule has 1 aromatic heterocycles. The predicted octanol–water partition coefficient (Wildman–Crippen LogP) is 3.05. The predicted molar refractivity (Wildman–Crippen MR) is 75.7 cm³/mol. The molecule has 0 radical (unpaired) electrons. The first-order chi connectivity index (χ1) is 8.00. The maximum Gasteiger partial charge on any atom is 0.0493 e. The van der Waals surface area contributed by atoms with Gasteiger partial charge in [0.2, 0.25) is 0 Å². The minimum absolute atomic E-state index is 0.299. The average Bonchev–Trinajstić information content (AvgIpc) is 2.65. The summed E-state index contributed by atoms with van der Waals surface area (Å²) >= 11 is 1.92. The molecule has 1 aliphatic rings. The van der Waals surface area contributed by atoms with Crippen molar-refractivity contribution in [3.8, 4) is 0 Å². The highest BCUT2D eigenvalue weighted by molar-refractivity contribution is 7.10. The Labute approximate surface area is 109 Å². The summed E-state index contributed by atoms with van der Waals surface area (Å²) in [7, 11) is 0. The number of thiophene rings is 1. The maximum atomic E-state index is 3.44. The van der Waals surface area contributed by atoms with E-state index >= 15 is 0 Å². The van der Waals surface area contributed by atoms with Gasteiger partial charge in [0, 0.05) is 37.1 Å². The van der Waals surface area contributed by atoms with Gasteiger partial charge in [-0.05, 0) is 29.3 Å². The van der Waals surface area contributed by atoms with Gasteiger partial charge in [-0.1, -0.05) is 20.8 Å². The van der Waals surface area contributed by atoms with Crippen LogP contribution < -0.4 is 5.32 Å². The molecule has 0 spiro atoms. The summed E-state index contributed by atoms with van der Waals surface area (Å²) in [5.74, 6) is 0. The average molecular weight is 252 g/mol. The van der Waals surface area contributed by atoms with Gasteiger partial charge in [0.15, 0.2) is 0 Å². The van der Waals surface area contributed by atoms with Crippen LogP contribution in [-0.2, 0) is 0 Å². The minimum atomic E-state index is 0.299. The molecule has 17 heavy (non-hydrogen) atoms. The number of hydrogen-bond donors (Lipinski definition) is 1. The Morgan fingerprint density at radius 3 is 2.41 bits per heavy atom. The first-order valence-electron chi connectivity index (χ1n) is 6.49. The van der Waals surface area contributed by atoms with Crippen molar-refractivity contribution in [2.24, 2.45) is 5.41 Å². The van der Waals surface area contributed by atoms with Crippen LogP contribution >= 0.6 is 11.3 Å². The van der Waals surface area contributed by atoms with Gasteiger partial charge < -0.3 is 5.32 Å². The summed E-state index contributed by atoms with van der Waals surface area (Å²) in [6.07, 6.45) is 0. The number of aryl methyl sites for hydroxylation is 1. The van der Waals surface area contributed by atoms with Crippen molar-refractivity contribution in [2.75, 3.05) is 26.2 Å². The number of rotatable bonds is 2. The van der Waals surface area contributed by atoms with Crippen LogP contribution in [0.5, 0.6) is 0 Å². The third kappa shape index (κ3) is 2.90. The zero-order valence-corrected chi connectivity index (χ0v) is 12.2. The van der Waals surface area contributed by atoms with Crippen molar-refractivity contribution in [2.45, 2.75) is 33.7 Å². The number of piperazine rings is 1. The molecule has 1 N–H and O–H groups in total. The minimum Gasteiger partial charge on any atom is -0.314 e. The molecule has 3 heteroatoms. The van der Waals surface area contributed by atoms with Crippen molar-refractivity contribution < 1.29 is 0 Å². The molecule has 0 aromatic carbocycles. The van der Waals surface area contributed by atoms with E-state index in [-0.39, 0.29) is 0 Å². The van der Waals surface area contributed by atoms with E-state index in [0.717, 1.165) is 13.1 Å². The van der Waals surface area contributed by atoms with Crippen molar-refractivity contribution in [3.63, 3.8) is 0 Å². The highest BCUT2D eigenvalue weighted by Gasteiger charge is 2.34. The number of nitrogens with one attached hydrogen (secondary N) is 1. The van der Waals surface area contributed by atoms with Crippen molar-refractivity contribution in [3.05, 3.63) is 21.9 Å². The lowest BCUT2D eigenvalue weighted by Crippen LogP contribution is -2.48. The second-order valence-corrected chi connectivity index (χ2v) is 6.97. The maximum absolute atomic E-state index is 3.44. The molecule has 1 fully saturated rings. The highest BCUT2D eigenvalue weighted by Crippen LogP contribution is 2.41. The molecule has 0 saturated carbocycles. The monoisotopic (exact) mass is 252 g/mol. The lowest BCUT2D eigenvalue weighted by molar-refractivity contribution is 0.0884. The molecular weight excluding hydrogens is 228 g/mol. The van der Waals surface area contributed by atoms with Crippen LogP contribution in [0.2, 0.25) is 0 Å². The summed E-state index contributed by atoms with van der Waals surface area (Å²) in [6, 6.07) is 2.81. The molecule has 1 atom stereocenters. The van der Waals surface area contributed by atoms with Gasteiger partial charge in [-0.3, -0.25) is 4.90 Å². The first-order valence-corrected chi connectivity index (χ1v) is 7.37. The lowest BCUT2D eigenvalue weighted by Gasteiger charge is -2.42. The Bertz CT molecular complexity index is 359. The van der Waals surface area contributed by atoms with E-state index in [9.17, 15) is 0 Å². The van der Waals surface area contributed by atoms with E-state index in [1.54, 1.807) is 4.88 Å². The van der Waals surface area contributed by atoms with Crippen LogP contribution in [-0.4, -0.2) is 31.1 Å². The van der Waals surface area contributed by atoms with Crippen LogP contribution in [0.4, 0.5) is 0 Å². The molecule has 0 unspecified atom stereocenters. The molecule has 0 bridgehead atoms. The molecule has 96 valence electrons. The summed E-state index contributed by atoms with van der Waals surface area (Å²) < 4.78 is 0. The molecule has 2 rings (SSSR count). The normalized spacial score (nSPS) is 20.5. The molecular formula is C14H24N2S. The van der Waals surface area contributed by atoms with Crippen LogP contribution in [0.15, 0.2) is 11.4 Å². The molecule has 2 nitrogen and oxygen atoms in total. The zero-order valence-electron chi connectivity index (χ0n) is 11.4. The Balaban J connectivity index is 2.28. The fraction of sp³-hybridized carbons (Fsp3) is 0.714. The van der Waals surface area contributed by atoms with Crippen LogP contribution in [0, 0.1) is 12.3 Å². The molecule has 0 aliphatic carbocycles. The first kappa shape index (κ1) is 13.1. The van der Waals surface area contributed by atoms with Gasteiger partial charge in [-0.2, -0.15) is 0 Å². The third-order valence-corrected chi connectivity index (χ3v) is 4.56. The lowest BCUT2D eigenvalue weighted by atomic mass is 9.83. The van der Waals surface area contributed by atoms with E-state index in [0.29, 0.717) is 11.5 Å². The molecule has 2 heterocycles. The Hall–Kier alpha value is -0.380. The standard InChI is InChI=1S/C14H24N2S/c1-11-5-10-17-12(11)13(14(2,3)4)16-8-6-15-7-9-16/h5,10,13,15H,6-9H2,1-4H3/t13-/m0/s1. The molecule has 1 aromatic rings. The number of nitrogens with zero attached hydrogens (tertiary/aromatic N) is 1. The Kier molecular flexibility index (Phi) is 3.91. The number of hydrogen-bond acceptors (Lipinski definition) is 3. The molecule has 1 saturated heterocycles. The zero-order chi connectivity index (χ0) is 12.5. The second-order valence-electron chi connectivity index (χ2n) is 6.02. The van der Waals surface area contributed by atoms with Crippen LogP contribution in [0.25, 0.3) is 0 Å². The van der Waals surface area contributed by atoms with Crippen molar-refractivity contribution >= 4 is 11.3 Å². The summed E-state index contributed by atoms with van der Waals surface area (Å²) in [5, 5.41) is 5.67. The van der Waals surface area contributed by atoms with E-state index < -0.39 is 0 Å². The van der Waals surface area contributed by atoms with E-state index in [1.165, 1.54) is 18.7 Å². The largest absolute Gasteiger partial charge is 0.314 e. The van der Waals surface area contributed by atoms with E-state index in [2.05, 4.69) is 49.4 Å². The van der Waals surface area contributed by atoms with Crippen molar-refractivity contribution in [1.29, 1.82) is 0 Å². The summed E-state index contributed by atoms with van der Waals surface area (Å²) in [6.45, 7) is 13.9. The highest BCUT2D eigenvalue weighted by atomic mass is 32.1. The Morgan fingerprint density at radius 1 is 1.29 bits per heavy atom. The smallest absolute Gasteiger partial charge is 0.0493 e. The van der Waals surface area contributed by atoms with E-state index in [1.807, 2.05) is 11.3 Å². The Morgan fingerprint density at radius 2 is 1.94 bits per heavy atom. The third-order valence-electron chi connectivity index (χ3n) is 3.49. The fourth-order valence-electron chi connectivity index (χ4n) is 2.71. The van der Waals surface area contributed by atoms with Gasteiger partial charge in [0.1, 0.15) is 0 Å². The summed E-state index contributed by atoms with van der Waals surface area (Å²) in [4.78, 5) is 4.20. The van der Waals surface area contributed by atoms with Gasteiger partial charge in [-0.15, -0.1) is 11.3 Å². The van der Waals surface area contributed by atoms with Crippen LogP contribution in [0.1, 0.15) is 37.3 Å². The second kappa shape index (κ2) is 5.09. The van der Waals surface area contributed by atoms with Crippen LogP contribution in [0.3, 0.4) is 0 Å². The quantitative estimate of drug-likeness (QED) is 0.870.